The number of carbonyl (C=O) groups excluding carboxylic acids is 1. The first-order valence-electron chi connectivity index (χ1n) is 4.75. The molecule has 1 aromatic carbocycles. The van der Waals surface area contributed by atoms with Crippen molar-refractivity contribution in [1.29, 1.82) is 0 Å². The molecule has 0 radical (unpaired) electrons. The Kier molecular flexibility index (Phi) is 5.06. The summed E-state index contributed by atoms with van der Waals surface area (Å²) in [6.07, 6.45) is -2.01. The third-order valence-electron chi connectivity index (χ3n) is 1.93. The van der Waals surface area contributed by atoms with Crippen LogP contribution >= 0.6 is 0 Å². The zero-order valence-electron chi connectivity index (χ0n) is 9.95. The summed E-state index contributed by atoms with van der Waals surface area (Å²) in [6.45, 7) is 0. The van der Waals surface area contributed by atoms with Crippen molar-refractivity contribution in [3.05, 3.63) is 29.1 Å². The molecule has 0 aliphatic carbocycles. The predicted molar refractivity (Wildman–Crippen MR) is 54.1 cm³/mol. The van der Waals surface area contributed by atoms with E-state index in [-0.39, 0.29) is 0 Å². The van der Waals surface area contributed by atoms with Gasteiger partial charge in [0.1, 0.15) is 0 Å². The van der Waals surface area contributed by atoms with Gasteiger partial charge < -0.3 is 9.47 Å². The molecule has 12 heteroatoms. The molecule has 0 spiro atoms. The molecule has 6 nitrogen and oxygen atoms in total. The molecule has 0 N–H and O–H groups in total. The molecule has 0 amide bonds. The molecule has 0 unspecified atom stereocenters. The Bertz CT molecular complexity index is 645. The van der Waals surface area contributed by atoms with E-state index in [0.29, 0.717) is 0 Å². The monoisotopic (exact) mass is 336 g/mol. The van der Waals surface area contributed by atoms with Crippen LogP contribution in [0, 0.1) is 29.1 Å². The number of benzene rings is 1. The fourth-order valence-corrected chi connectivity index (χ4v) is 1.29. The summed E-state index contributed by atoms with van der Waals surface area (Å²) in [6, 6.07) is 0. The number of hydrogen-bond acceptors (Lipinski definition) is 6. The highest BCUT2D eigenvalue weighted by Gasteiger charge is 2.29. The number of halogens is 5. The second kappa shape index (κ2) is 6.22. The Hall–Kier alpha value is -1.95. The van der Waals surface area contributed by atoms with Gasteiger partial charge in [0.05, 0.1) is 7.11 Å². The second-order valence-electron chi connectivity index (χ2n) is 3.24. The third-order valence-corrected chi connectivity index (χ3v) is 2.84. The highest BCUT2D eigenvalue weighted by molar-refractivity contribution is 7.86. The smallest absolute Gasteiger partial charge is 0.415 e. The fraction of sp³-hybridized carbons (Fsp3) is 0.222. The minimum atomic E-state index is -4.27. The average molecular weight is 336 g/mol. The Balaban J connectivity index is 2.97. The zero-order valence-corrected chi connectivity index (χ0v) is 10.8. The molecule has 1 rings (SSSR count). The van der Waals surface area contributed by atoms with E-state index in [1.807, 2.05) is 0 Å². The topological polar surface area (TPSA) is 78.9 Å². The van der Waals surface area contributed by atoms with Gasteiger partial charge in [-0.3, -0.25) is 4.18 Å². The van der Waals surface area contributed by atoms with Crippen LogP contribution in [-0.4, -0.2) is 27.6 Å². The molecule has 0 saturated carbocycles. The van der Waals surface area contributed by atoms with Crippen molar-refractivity contribution >= 4 is 16.3 Å². The van der Waals surface area contributed by atoms with Gasteiger partial charge >= 0.3 is 16.3 Å². The van der Waals surface area contributed by atoms with E-state index in [1.54, 1.807) is 0 Å². The van der Waals surface area contributed by atoms with E-state index in [1.165, 1.54) is 0 Å². The van der Waals surface area contributed by atoms with Crippen LogP contribution in [0.5, 0.6) is 5.75 Å². The minimum absolute atomic E-state index is 0.730. The molecule has 0 saturated heterocycles. The molecule has 0 heterocycles. The van der Waals surface area contributed by atoms with Gasteiger partial charge in [0.25, 0.3) is 0 Å². The van der Waals surface area contributed by atoms with Crippen LogP contribution in [0.15, 0.2) is 0 Å². The molecular formula is C9H5F5O6S. The Morgan fingerprint density at radius 1 is 0.952 bits per heavy atom. The van der Waals surface area contributed by atoms with Crippen molar-refractivity contribution in [2.24, 2.45) is 0 Å². The summed E-state index contributed by atoms with van der Waals surface area (Å²) in [5, 5.41) is 0. The maximum Gasteiger partial charge on any atom is 0.515 e. The van der Waals surface area contributed by atoms with Crippen LogP contribution in [0.1, 0.15) is 0 Å². The van der Waals surface area contributed by atoms with Gasteiger partial charge in [0.2, 0.25) is 40.8 Å². The Morgan fingerprint density at radius 3 is 1.81 bits per heavy atom. The molecule has 0 atom stereocenters. The van der Waals surface area contributed by atoms with E-state index in [2.05, 4.69) is 13.7 Å². The third kappa shape index (κ3) is 3.78. The molecular weight excluding hydrogens is 331 g/mol. The lowest BCUT2D eigenvalue weighted by molar-refractivity contribution is 0.107. The standard InChI is InChI=1S/C9H5F5O6S/c1-18-21(16,17)2-19-9(15)20-8-6(13)4(11)3(10)5(12)7(8)14/h2H2,1H3. The van der Waals surface area contributed by atoms with Crippen molar-refractivity contribution in [2.75, 3.05) is 13.0 Å². The number of rotatable bonds is 4. The van der Waals surface area contributed by atoms with E-state index in [4.69, 9.17) is 0 Å². The summed E-state index contributed by atoms with van der Waals surface area (Å²) >= 11 is 0. The maximum absolute atomic E-state index is 13.1. The fourth-order valence-electron chi connectivity index (χ4n) is 0.956. The first-order chi connectivity index (χ1) is 9.60. The highest BCUT2D eigenvalue weighted by atomic mass is 32.2. The first kappa shape index (κ1) is 17.1. The van der Waals surface area contributed by atoms with Gasteiger partial charge in [-0.1, -0.05) is 0 Å². The minimum Gasteiger partial charge on any atom is -0.415 e. The van der Waals surface area contributed by atoms with Crippen molar-refractivity contribution in [1.82, 2.24) is 0 Å². The Morgan fingerprint density at radius 2 is 1.38 bits per heavy atom. The molecule has 0 aromatic heterocycles. The average Bonchev–Trinajstić information content (AvgIpc) is 2.45. The van der Waals surface area contributed by atoms with Crippen molar-refractivity contribution in [2.45, 2.75) is 0 Å². The van der Waals surface area contributed by atoms with Crippen LogP contribution in [0.2, 0.25) is 0 Å². The first-order valence-corrected chi connectivity index (χ1v) is 6.32. The summed E-state index contributed by atoms with van der Waals surface area (Å²) in [4.78, 5) is 11.0. The van der Waals surface area contributed by atoms with Gasteiger partial charge in [0.15, 0.2) is 0 Å². The number of ether oxygens (including phenoxy) is 2. The summed E-state index contributed by atoms with van der Waals surface area (Å²) < 4.78 is 97.5. The predicted octanol–water partition coefficient (Wildman–Crippen LogP) is 1.83. The quantitative estimate of drug-likeness (QED) is 0.208. The number of hydrogen-bond donors (Lipinski definition) is 0. The van der Waals surface area contributed by atoms with E-state index in [9.17, 15) is 35.2 Å². The summed E-state index contributed by atoms with van der Waals surface area (Å²) in [5.74, 6) is -15.3. The second-order valence-corrected chi connectivity index (χ2v) is 4.92. The largest absolute Gasteiger partial charge is 0.515 e. The van der Waals surface area contributed by atoms with Gasteiger partial charge in [-0.05, 0) is 0 Å². The van der Waals surface area contributed by atoms with Gasteiger partial charge in [-0.25, -0.2) is 18.0 Å². The lowest BCUT2D eigenvalue weighted by atomic mass is 10.3. The molecule has 21 heavy (non-hydrogen) atoms. The van der Waals surface area contributed by atoms with Crippen LogP contribution in [0.3, 0.4) is 0 Å². The van der Waals surface area contributed by atoms with Gasteiger partial charge in [-0.15, -0.1) is 0 Å². The van der Waals surface area contributed by atoms with Crippen LogP contribution in [0.25, 0.3) is 0 Å². The lowest BCUT2D eigenvalue weighted by Gasteiger charge is -2.08. The van der Waals surface area contributed by atoms with E-state index < -0.39 is 57.0 Å². The molecule has 0 aliphatic rings. The highest BCUT2D eigenvalue weighted by Crippen LogP contribution is 2.29. The van der Waals surface area contributed by atoms with Crippen molar-refractivity contribution in [3.8, 4) is 5.75 Å². The van der Waals surface area contributed by atoms with Gasteiger partial charge in [-0.2, -0.15) is 17.2 Å². The molecule has 1 aromatic rings. The van der Waals surface area contributed by atoms with Gasteiger partial charge in [0, 0.05) is 0 Å². The normalized spacial score (nSPS) is 11.3. The summed E-state index contributed by atoms with van der Waals surface area (Å²) in [5.41, 5.74) is 0. The van der Waals surface area contributed by atoms with E-state index in [0.717, 1.165) is 7.11 Å². The molecule has 0 fully saturated rings. The summed E-state index contributed by atoms with van der Waals surface area (Å²) in [7, 11) is -3.54. The Labute approximate surface area is 114 Å². The van der Waals surface area contributed by atoms with Crippen LogP contribution < -0.4 is 4.74 Å². The van der Waals surface area contributed by atoms with Crippen molar-refractivity contribution < 1.29 is 48.8 Å². The van der Waals surface area contributed by atoms with Crippen molar-refractivity contribution in [3.63, 3.8) is 0 Å². The molecule has 0 aliphatic heterocycles. The van der Waals surface area contributed by atoms with E-state index >= 15 is 0 Å². The van der Waals surface area contributed by atoms with Crippen LogP contribution in [-0.2, 0) is 19.0 Å². The SMILES string of the molecule is COS(=O)(=O)COC(=O)Oc1c(F)c(F)c(F)c(F)c1F. The lowest BCUT2D eigenvalue weighted by Crippen LogP contribution is -2.19. The molecule has 0 bridgehead atoms. The molecule has 118 valence electrons. The number of carbonyl (C=O) groups is 1. The maximum atomic E-state index is 13.1. The zero-order chi connectivity index (χ0) is 16.4. The van der Waals surface area contributed by atoms with Crippen LogP contribution in [0.4, 0.5) is 26.7 Å².